The number of fused-ring (bicyclic) bond motifs is 7. The molecule has 4 heterocycles. The van der Waals surface area contributed by atoms with Gasteiger partial charge < -0.3 is 0 Å². The van der Waals surface area contributed by atoms with Crippen molar-refractivity contribution in [1.82, 2.24) is 19.9 Å². The van der Waals surface area contributed by atoms with Gasteiger partial charge in [0, 0.05) is 62.6 Å². The molecule has 0 spiro atoms. The monoisotopic (exact) mass is 654 g/mol. The number of rotatable bonds is 4. The zero-order chi connectivity index (χ0) is 30.9. The predicted octanol–water partition coefficient (Wildman–Crippen LogP) is 11.9. The third-order valence-electron chi connectivity index (χ3n) is 8.60. The van der Waals surface area contributed by atoms with Gasteiger partial charge in [0.05, 0.1) is 10.2 Å². The molecule has 0 atom stereocenters. The molecule has 0 bridgehead atoms. The maximum absolute atomic E-state index is 5.24. The molecule has 7 heteroatoms. The molecule has 10 aromatic rings. The van der Waals surface area contributed by atoms with Crippen molar-refractivity contribution in [1.29, 1.82) is 0 Å². The lowest BCUT2D eigenvalue weighted by atomic mass is 10.0. The fourth-order valence-electron chi connectivity index (χ4n) is 6.45. The molecule has 0 fully saturated rings. The molecular weight excluding hydrogens is 633 g/mol. The average molecular weight is 655 g/mol. The van der Waals surface area contributed by atoms with Crippen molar-refractivity contribution in [2.24, 2.45) is 0 Å². The second kappa shape index (κ2) is 10.6. The number of thiazole rings is 1. The number of nitrogens with zero attached hydrogens (tertiary/aromatic N) is 4. The van der Waals surface area contributed by atoms with Crippen molar-refractivity contribution >= 4 is 84.6 Å². The van der Waals surface area contributed by atoms with Crippen molar-refractivity contribution < 1.29 is 0 Å². The van der Waals surface area contributed by atoms with Gasteiger partial charge in [-0.2, -0.15) is 0 Å². The zero-order valence-electron chi connectivity index (χ0n) is 24.7. The molecule has 4 nitrogen and oxygen atoms in total. The normalized spacial score (nSPS) is 11.8. The molecule has 47 heavy (non-hydrogen) atoms. The van der Waals surface area contributed by atoms with Crippen LogP contribution < -0.4 is 0 Å². The molecule has 0 N–H and O–H groups in total. The topological polar surface area (TPSA) is 51.6 Å². The minimum atomic E-state index is 0.662. The summed E-state index contributed by atoms with van der Waals surface area (Å²) in [4.78, 5) is 20.5. The van der Waals surface area contributed by atoms with E-state index in [0.29, 0.717) is 17.5 Å². The van der Waals surface area contributed by atoms with Gasteiger partial charge in [-0.25, -0.2) is 19.9 Å². The lowest BCUT2D eigenvalue weighted by Crippen LogP contribution is -2.00. The van der Waals surface area contributed by atoms with Crippen LogP contribution in [0, 0.1) is 0 Å². The summed E-state index contributed by atoms with van der Waals surface area (Å²) in [6.45, 7) is 0. The molecule has 0 unspecified atom stereocenters. The van der Waals surface area contributed by atoms with E-state index in [1.807, 2.05) is 24.3 Å². The maximum atomic E-state index is 5.24. The average Bonchev–Trinajstić information content (AvgIpc) is 3.85. The largest absolute Gasteiger partial charge is 0.236 e. The van der Waals surface area contributed by atoms with E-state index >= 15 is 0 Å². The molecule has 0 saturated heterocycles. The number of thiophene rings is 2. The SMILES string of the molecule is c1ccc(-c2nc(-c3cccc4c3sc3c(-c5nc6ccccc6s5)cccc34)nc(-c3cccc4sc5ccccc5c34)n2)cc1. The van der Waals surface area contributed by atoms with Gasteiger partial charge >= 0.3 is 0 Å². The Balaban J connectivity index is 1.23. The lowest BCUT2D eigenvalue weighted by Gasteiger charge is -2.10. The molecule has 0 saturated carbocycles. The third kappa shape index (κ3) is 4.32. The van der Waals surface area contributed by atoms with Crippen LogP contribution in [-0.2, 0) is 0 Å². The van der Waals surface area contributed by atoms with Crippen LogP contribution in [0.15, 0.2) is 133 Å². The first-order valence-corrected chi connectivity index (χ1v) is 17.8. The molecule has 0 amide bonds. The number of hydrogen-bond acceptors (Lipinski definition) is 7. The smallest absolute Gasteiger partial charge is 0.165 e. The van der Waals surface area contributed by atoms with E-state index in [2.05, 4.69) is 109 Å². The predicted molar refractivity (Wildman–Crippen MR) is 201 cm³/mol. The van der Waals surface area contributed by atoms with E-state index in [-0.39, 0.29) is 0 Å². The summed E-state index contributed by atoms with van der Waals surface area (Å²) in [7, 11) is 0. The summed E-state index contributed by atoms with van der Waals surface area (Å²) in [5.74, 6) is 2.01. The first-order chi connectivity index (χ1) is 23.3. The first-order valence-electron chi connectivity index (χ1n) is 15.3. The third-order valence-corrected chi connectivity index (χ3v) is 12.1. The molecule has 4 aromatic heterocycles. The molecule has 0 aliphatic rings. The van der Waals surface area contributed by atoms with Gasteiger partial charge in [-0.05, 0) is 30.3 Å². The van der Waals surface area contributed by atoms with Crippen LogP contribution >= 0.6 is 34.0 Å². The lowest BCUT2D eigenvalue weighted by molar-refractivity contribution is 1.08. The van der Waals surface area contributed by atoms with Crippen molar-refractivity contribution in [3.05, 3.63) is 133 Å². The van der Waals surface area contributed by atoms with E-state index in [0.717, 1.165) is 37.5 Å². The number of aromatic nitrogens is 4. The van der Waals surface area contributed by atoms with E-state index in [4.69, 9.17) is 19.9 Å². The summed E-state index contributed by atoms with van der Waals surface area (Å²) in [6.07, 6.45) is 0. The summed E-state index contributed by atoms with van der Waals surface area (Å²) < 4.78 is 6.06. The molecule has 10 rings (SSSR count). The molecular formula is C40H22N4S3. The quantitative estimate of drug-likeness (QED) is 0.189. The van der Waals surface area contributed by atoms with Crippen LogP contribution in [0.4, 0.5) is 0 Å². The number of benzene rings is 6. The Morgan fingerprint density at radius 1 is 0.362 bits per heavy atom. The second-order valence-electron chi connectivity index (χ2n) is 11.4. The highest BCUT2D eigenvalue weighted by Gasteiger charge is 2.20. The van der Waals surface area contributed by atoms with E-state index < -0.39 is 0 Å². The minimum Gasteiger partial charge on any atom is -0.236 e. The molecule has 220 valence electrons. The van der Waals surface area contributed by atoms with Crippen LogP contribution in [-0.4, -0.2) is 19.9 Å². The standard InChI is InChI=1S/C40H22N4S3/c1-2-11-23(12-3-1)37-42-38(27-16-10-22-33-34(27)26-13-4-6-20-31(26)45-33)44-39(43-37)28-17-8-14-24-25-15-9-18-29(36(25)47-35(24)28)40-41-30-19-5-7-21-32(30)46-40/h1-22H. The Kier molecular flexibility index (Phi) is 6.05. The van der Waals surface area contributed by atoms with Crippen molar-refractivity contribution in [2.45, 2.75) is 0 Å². The van der Waals surface area contributed by atoms with Gasteiger partial charge in [-0.3, -0.25) is 0 Å². The van der Waals surface area contributed by atoms with Crippen LogP contribution in [0.3, 0.4) is 0 Å². The number of para-hydroxylation sites is 1. The van der Waals surface area contributed by atoms with Crippen LogP contribution in [0.2, 0.25) is 0 Å². The highest BCUT2D eigenvalue weighted by molar-refractivity contribution is 7.28. The van der Waals surface area contributed by atoms with Gasteiger partial charge in [-0.1, -0.05) is 103 Å². The zero-order valence-corrected chi connectivity index (χ0v) is 27.2. The van der Waals surface area contributed by atoms with Gasteiger partial charge in [0.2, 0.25) is 0 Å². The summed E-state index contributed by atoms with van der Waals surface area (Å²) in [6, 6.07) is 46.6. The summed E-state index contributed by atoms with van der Waals surface area (Å²) in [5.41, 5.74) is 5.17. The Labute approximate surface area is 281 Å². The highest BCUT2D eigenvalue weighted by atomic mass is 32.1. The van der Waals surface area contributed by atoms with Gasteiger partial charge in [0.25, 0.3) is 0 Å². The van der Waals surface area contributed by atoms with Crippen molar-refractivity contribution in [3.63, 3.8) is 0 Å². The van der Waals surface area contributed by atoms with Crippen LogP contribution in [0.25, 0.3) is 95.3 Å². The van der Waals surface area contributed by atoms with Crippen molar-refractivity contribution in [2.75, 3.05) is 0 Å². The first kappa shape index (κ1) is 26.8. The van der Waals surface area contributed by atoms with Crippen LogP contribution in [0.5, 0.6) is 0 Å². The van der Waals surface area contributed by atoms with Gasteiger partial charge in [0.1, 0.15) is 5.01 Å². The molecule has 6 aromatic carbocycles. The Morgan fingerprint density at radius 3 is 1.79 bits per heavy atom. The summed E-state index contributed by atoms with van der Waals surface area (Å²) >= 11 is 5.33. The molecule has 0 radical (unpaired) electrons. The van der Waals surface area contributed by atoms with E-state index in [1.54, 1.807) is 34.0 Å². The fraction of sp³-hybridized carbons (Fsp3) is 0. The van der Waals surface area contributed by atoms with Gasteiger partial charge in [0.15, 0.2) is 17.5 Å². The fourth-order valence-corrected chi connectivity index (χ4v) is 9.96. The highest BCUT2D eigenvalue weighted by Crippen LogP contribution is 2.45. The second-order valence-corrected chi connectivity index (χ2v) is 14.5. The van der Waals surface area contributed by atoms with E-state index in [9.17, 15) is 0 Å². The van der Waals surface area contributed by atoms with Crippen molar-refractivity contribution in [3.8, 4) is 44.7 Å². The number of hydrogen-bond donors (Lipinski definition) is 0. The van der Waals surface area contributed by atoms with E-state index in [1.165, 1.54) is 40.3 Å². The van der Waals surface area contributed by atoms with Crippen LogP contribution in [0.1, 0.15) is 0 Å². The Morgan fingerprint density at radius 2 is 0.957 bits per heavy atom. The van der Waals surface area contributed by atoms with Gasteiger partial charge in [-0.15, -0.1) is 34.0 Å². The Bertz CT molecular complexity index is 2780. The summed E-state index contributed by atoms with van der Waals surface area (Å²) in [5, 5.41) is 5.86. The minimum absolute atomic E-state index is 0.662. The maximum Gasteiger partial charge on any atom is 0.165 e. The molecule has 0 aliphatic heterocycles. The molecule has 0 aliphatic carbocycles. The Hall–Kier alpha value is -5.34.